The van der Waals surface area contributed by atoms with Crippen molar-refractivity contribution in [3.05, 3.63) is 143 Å². The van der Waals surface area contributed by atoms with Gasteiger partial charge >= 0.3 is 0 Å². The standard InChI is InChI=1S/C39H37N3O/c1-3-27-10-9-14-32(22-27)42-37(20-26(2)41-42)38(43)23-29-11-8-13-31(21-29)39(40-25-28-18-19-28)36-24-30-12-4-5-15-33(30)34-16-6-7-17-35(34)36/h4-17,20-22,24,28,39-40H,3,18-19,23,25H2,1-2H3. The largest absolute Gasteiger partial charge is 0.306 e. The van der Waals surface area contributed by atoms with Crippen LogP contribution in [0.5, 0.6) is 0 Å². The summed E-state index contributed by atoms with van der Waals surface area (Å²) in [4.78, 5) is 13.8. The van der Waals surface area contributed by atoms with Crippen molar-refractivity contribution in [2.45, 2.75) is 45.6 Å². The second-order valence-electron chi connectivity index (χ2n) is 12.0. The molecule has 1 atom stereocenters. The summed E-state index contributed by atoms with van der Waals surface area (Å²) < 4.78 is 1.81. The van der Waals surface area contributed by atoms with E-state index in [-0.39, 0.29) is 11.8 Å². The number of carbonyl (C=O) groups is 1. The smallest absolute Gasteiger partial charge is 0.185 e. The number of ketones is 1. The molecule has 0 aliphatic heterocycles. The van der Waals surface area contributed by atoms with Gasteiger partial charge in [0.25, 0.3) is 0 Å². The lowest BCUT2D eigenvalue weighted by molar-refractivity contribution is 0.0985. The first-order valence-corrected chi connectivity index (χ1v) is 15.5. The summed E-state index contributed by atoms with van der Waals surface area (Å²) in [5.41, 5.74) is 7.10. The van der Waals surface area contributed by atoms with Gasteiger partial charge in [-0.1, -0.05) is 91.9 Å². The van der Waals surface area contributed by atoms with Crippen LogP contribution in [-0.2, 0) is 12.8 Å². The summed E-state index contributed by atoms with van der Waals surface area (Å²) in [5.74, 6) is 0.812. The zero-order valence-corrected chi connectivity index (χ0v) is 24.9. The Labute approximate surface area is 253 Å². The molecular weight excluding hydrogens is 526 g/mol. The highest BCUT2D eigenvalue weighted by Crippen LogP contribution is 2.36. The summed E-state index contributed by atoms with van der Waals surface area (Å²) in [5, 5.41) is 13.7. The number of aryl methyl sites for hydroxylation is 2. The Kier molecular flexibility index (Phi) is 7.38. The van der Waals surface area contributed by atoms with Crippen molar-refractivity contribution in [1.29, 1.82) is 0 Å². The molecule has 1 aliphatic carbocycles. The van der Waals surface area contributed by atoms with Crippen molar-refractivity contribution in [1.82, 2.24) is 15.1 Å². The van der Waals surface area contributed by atoms with Gasteiger partial charge in [-0.3, -0.25) is 4.79 Å². The summed E-state index contributed by atoms with van der Waals surface area (Å²) in [7, 11) is 0. The highest BCUT2D eigenvalue weighted by molar-refractivity contribution is 6.09. The molecule has 1 saturated carbocycles. The fraction of sp³-hybridized carbons (Fsp3) is 0.231. The van der Waals surface area contributed by atoms with Crippen molar-refractivity contribution in [2.24, 2.45) is 5.92 Å². The Morgan fingerprint density at radius 1 is 0.837 bits per heavy atom. The van der Waals surface area contributed by atoms with Crippen LogP contribution in [0.3, 0.4) is 0 Å². The Morgan fingerprint density at radius 2 is 1.58 bits per heavy atom. The van der Waals surface area contributed by atoms with E-state index < -0.39 is 0 Å². The van der Waals surface area contributed by atoms with Crippen LogP contribution in [0.4, 0.5) is 0 Å². The molecule has 4 heteroatoms. The van der Waals surface area contributed by atoms with Gasteiger partial charge in [0.1, 0.15) is 5.69 Å². The Hall–Kier alpha value is -4.54. The van der Waals surface area contributed by atoms with E-state index in [1.807, 2.05) is 29.8 Å². The summed E-state index contributed by atoms with van der Waals surface area (Å²) in [6, 6.07) is 38.6. The minimum absolute atomic E-state index is 0.0229. The minimum atomic E-state index is 0.0229. The number of rotatable bonds is 10. The molecule has 0 amide bonds. The molecule has 214 valence electrons. The van der Waals surface area contributed by atoms with Crippen LogP contribution in [0.25, 0.3) is 27.2 Å². The van der Waals surface area contributed by atoms with Crippen LogP contribution in [0.1, 0.15) is 64.2 Å². The second-order valence-corrected chi connectivity index (χ2v) is 12.0. The van der Waals surface area contributed by atoms with Crippen LogP contribution in [-0.4, -0.2) is 22.1 Å². The topological polar surface area (TPSA) is 46.9 Å². The van der Waals surface area contributed by atoms with Gasteiger partial charge in [-0.25, -0.2) is 4.68 Å². The zero-order chi connectivity index (χ0) is 29.3. The molecule has 1 aliphatic rings. The summed E-state index contributed by atoms with van der Waals surface area (Å²) in [6.07, 6.45) is 3.84. The maximum Gasteiger partial charge on any atom is 0.185 e. The number of hydrogen-bond acceptors (Lipinski definition) is 3. The third-order valence-corrected chi connectivity index (χ3v) is 8.75. The number of aromatic nitrogens is 2. The van der Waals surface area contributed by atoms with E-state index in [0.717, 1.165) is 35.8 Å². The van der Waals surface area contributed by atoms with Gasteiger partial charge in [0.05, 0.1) is 17.4 Å². The molecule has 43 heavy (non-hydrogen) atoms. The normalized spacial score (nSPS) is 13.9. The molecule has 1 fully saturated rings. The number of hydrogen-bond donors (Lipinski definition) is 1. The van der Waals surface area contributed by atoms with Crippen molar-refractivity contribution >= 4 is 27.3 Å². The fourth-order valence-electron chi connectivity index (χ4n) is 6.30. The van der Waals surface area contributed by atoms with Gasteiger partial charge in [0.15, 0.2) is 5.78 Å². The van der Waals surface area contributed by atoms with Crippen molar-refractivity contribution in [3.8, 4) is 5.69 Å². The maximum atomic E-state index is 13.8. The van der Waals surface area contributed by atoms with Crippen LogP contribution in [0.15, 0.2) is 109 Å². The van der Waals surface area contributed by atoms with Crippen molar-refractivity contribution in [3.63, 3.8) is 0 Å². The number of nitrogens with one attached hydrogen (secondary N) is 1. The number of fused-ring (bicyclic) bond motifs is 3. The van der Waals surface area contributed by atoms with E-state index in [1.165, 1.54) is 51.1 Å². The molecule has 1 heterocycles. The summed E-state index contributed by atoms with van der Waals surface area (Å²) >= 11 is 0. The molecule has 0 saturated heterocycles. The van der Waals surface area contributed by atoms with Crippen LogP contribution in [0, 0.1) is 12.8 Å². The predicted octanol–water partition coefficient (Wildman–Crippen LogP) is 8.56. The van der Waals surface area contributed by atoms with E-state index in [2.05, 4.69) is 103 Å². The highest BCUT2D eigenvalue weighted by atomic mass is 16.1. The van der Waals surface area contributed by atoms with Crippen LogP contribution >= 0.6 is 0 Å². The van der Waals surface area contributed by atoms with Gasteiger partial charge in [-0.2, -0.15) is 5.10 Å². The molecule has 0 bridgehead atoms. The first kappa shape index (κ1) is 27.3. The third kappa shape index (κ3) is 5.63. The lowest BCUT2D eigenvalue weighted by Gasteiger charge is -2.23. The molecule has 6 aromatic rings. The molecule has 4 nitrogen and oxygen atoms in total. The van der Waals surface area contributed by atoms with Crippen LogP contribution < -0.4 is 5.32 Å². The SMILES string of the molecule is CCc1cccc(-n2nc(C)cc2C(=O)Cc2cccc(C(NCC3CC3)c3cc4ccccc4c4ccccc34)c2)c1. The van der Waals surface area contributed by atoms with E-state index in [1.54, 1.807) is 0 Å². The molecule has 1 unspecified atom stereocenters. The van der Waals surface area contributed by atoms with Crippen LogP contribution in [0.2, 0.25) is 0 Å². The monoisotopic (exact) mass is 563 g/mol. The Morgan fingerprint density at radius 3 is 2.40 bits per heavy atom. The second kappa shape index (κ2) is 11.6. The number of nitrogens with zero attached hydrogens (tertiary/aromatic N) is 2. The van der Waals surface area contributed by atoms with E-state index in [0.29, 0.717) is 12.1 Å². The quantitative estimate of drug-likeness (QED) is 0.134. The Bertz CT molecular complexity index is 1950. The van der Waals surface area contributed by atoms with E-state index in [9.17, 15) is 4.79 Å². The lowest BCUT2D eigenvalue weighted by Crippen LogP contribution is -2.25. The first-order chi connectivity index (χ1) is 21.1. The Balaban J connectivity index is 1.25. The highest BCUT2D eigenvalue weighted by Gasteiger charge is 2.25. The molecule has 0 spiro atoms. The number of benzene rings is 5. The predicted molar refractivity (Wildman–Crippen MR) is 176 cm³/mol. The minimum Gasteiger partial charge on any atom is -0.306 e. The van der Waals surface area contributed by atoms with Gasteiger partial charge in [-0.15, -0.1) is 0 Å². The molecule has 1 aromatic heterocycles. The van der Waals surface area contributed by atoms with Gasteiger partial charge in [-0.05, 0) is 107 Å². The van der Waals surface area contributed by atoms with E-state index in [4.69, 9.17) is 5.10 Å². The van der Waals surface area contributed by atoms with Gasteiger partial charge in [0, 0.05) is 6.42 Å². The molecule has 1 N–H and O–H groups in total. The zero-order valence-electron chi connectivity index (χ0n) is 24.9. The molecule has 7 rings (SSSR count). The number of Topliss-reactive ketones (excluding diaryl/α,β-unsaturated/α-hetero) is 1. The average Bonchev–Trinajstić information content (AvgIpc) is 3.79. The first-order valence-electron chi connectivity index (χ1n) is 15.5. The maximum absolute atomic E-state index is 13.8. The van der Waals surface area contributed by atoms with Gasteiger partial charge < -0.3 is 5.32 Å². The van der Waals surface area contributed by atoms with Crippen molar-refractivity contribution in [2.75, 3.05) is 6.54 Å². The fourth-order valence-corrected chi connectivity index (χ4v) is 6.30. The third-order valence-electron chi connectivity index (χ3n) is 8.75. The van der Waals surface area contributed by atoms with E-state index >= 15 is 0 Å². The molecule has 5 aromatic carbocycles. The summed E-state index contributed by atoms with van der Waals surface area (Å²) in [6.45, 7) is 5.08. The van der Waals surface area contributed by atoms with Gasteiger partial charge in [0.2, 0.25) is 0 Å². The molecular formula is C39H37N3O. The lowest BCUT2D eigenvalue weighted by atomic mass is 9.89. The molecule has 0 radical (unpaired) electrons. The number of carbonyl (C=O) groups excluding carboxylic acids is 1. The average molecular weight is 564 g/mol. The van der Waals surface area contributed by atoms with Crippen molar-refractivity contribution < 1.29 is 4.79 Å².